The molecule has 38 heavy (non-hydrogen) atoms. The molecule has 3 heterocycles. The van der Waals surface area contributed by atoms with Crippen LogP contribution in [0.3, 0.4) is 0 Å². The standard InChI is InChI=1S/C29H27ClN4O2S2/c1-18-6-7-19(2)23(17-18)32-25(35)14-16-34-28(27(33-29(34)37)22-5-3-4-15-31-22)24-12-13-26(36-24)38-21-10-8-20(30)9-11-21/h3-13,15,17,27-28H,14,16H2,1-2H3,(H,32,35)(H,33,37)/t27-,28+/m1/s1. The number of hydrogen-bond donors (Lipinski definition) is 2. The number of nitrogens with one attached hydrogen (secondary N) is 2. The number of aryl methyl sites for hydroxylation is 2. The Bertz CT molecular complexity index is 1440. The fourth-order valence-electron chi connectivity index (χ4n) is 4.43. The number of carbonyl (C=O) groups excluding carboxylic acids is 1. The van der Waals surface area contributed by atoms with Gasteiger partial charge in [-0.1, -0.05) is 41.6 Å². The molecule has 2 atom stereocenters. The molecule has 0 radical (unpaired) electrons. The average Bonchev–Trinajstić information content (AvgIpc) is 3.50. The summed E-state index contributed by atoms with van der Waals surface area (Å²) in [7, 11) is 0. The molecule has 2 aromatic carbocycles. The second kappa shape index (κ2) is 11.6. The summed E-state index contributed by atoms with van der Waals surface area (Å²) in [6.45, 7) is 4.42. The van der Waals surface area contributed by atoms with Gasteiger partial charge in [-0.3, -0.25) is 9.78 Å². The highest BCUT2D eigenvalue weighted by Crippen LogP contribution is 2.41. The molecule has 2 N–H and O–H groups in total. The Morgan fingerprint density at radius 2 is 1.95 bits per heavy atom. The maximum absolute atomic E-state index is 12.9. The van der Waals surface area contributed by atoms with Crippen LogP contribution in [0.25, 0.3) is 0 Å². The number of rotatable bonds is 8. The van der Waals surface area contributed by atoms with Crippen molar-refractivity contribution in [3.63, 3.8) is 0 Å². The Balaban J connectivity index is 1.36. The van der Waals surface area contributed by atoms with Crippen molar-refractivity contribution in [2.75, 3.05) is 11.9 Å². The molecule has 1 amide bonds. The SMILES string of the molecule is Cc1ccc(C)c(NC(=O)CCN2C(=S)N[C@H](c3ccccn3)[C@@H]2c2ccc(Sc3ccc(Cl)cc3)o2)c1. The highest BCUT2D eigenvalue weighted by atomic mass is 35.5. The van der Waals surface area contributed by atoms with Crippen LogP contribution in [0.15, 0.2) is 93.4 Å². The second-order valence-corrected chi connectivity index (χ2v) is 11.1. The minimum absolute atomic E-state index is 0.0695. The van der Waals surface area contributed by atoms with E-state index in [9.17, 15) is 4.79 Å². The number of hydrogen-bond acceptors (Lipinski definition) is 5. The van der Waals surface area contributed by atoms with E-state index in [0.29, 0.717) is 16.7 Å². The maximum atomic E-state index is 12.9. The molecule has 0 bridgehead atoms. The Morgan fingerprint density at radius 1 is 1.13 bits per heavy atom. The van der Waals surface area contributed by atoms with Crippen molar-refractivity contribution >= 4 is 52.3 Å². The largest absolute Gasteiger partial charge is 0.452 e. The Labute approximate surface area is 236 Å². The summed E-state index contributed by atoms with van der Waals surface area (Å²) in [6, 6.07) is 22.9. The molecule has 1 aliphatic rings. The Morgan fingerprint density at radius 3 is 2.71 bits per heavy atom. The van der Waals surface area contributed by atoms with E-state index in [1.807, 2.05) is 91.5 Å². The van der Waals surface area contributed by atoms with Gasteiger partial charge in [-0.2, -0.15) is 0 Å². The van der Waals surface area contributed by atoms with Gasteiger partial charge in [0.2, 0.25) is 5.91 Å². The predicted molar refractivity (Wildman–Crippen MR) is 156 cm³/mol. The van der Waals surface area contributed by atoms with E-state index in [-0.39, 0.29) is 24.4 Å². The second-order valence-electron chi connectivity index (χ2n) is 9.15. The van der Waals surface area contributed by atoms with Crippen molar-refractivity contribution in [2.24, 2.45) is 0 Å². The molecule has 1 aliphatic heterocycles. The molecule has 0 unspecified atom stereocenters. The Kier molecular flexibility index (Phi) is 8.02. The molecule has 0 saturated carbocycles. The molecular weight excluding hydrogens is 536 g/mol. The minimum atomic E-state index is -0.259. The van der Waals surface area contributed by atoms with Gasteiger partial charge >= 0.3 is 0 Å². The van der Waals surface area contributed by atoms with Crippen molar-refractivity contribution in [3.05, 3.63) is 107 Å². The smallest absolute Gasteiger partial charge is 0.226 e. The predicted octanol–water partition coefficient (Wildman–Crippen LogP) is 7.10. The van der Waals surface area contributed by atoms with Crippen LogP contribution in [-0.4, -0.2) is 27.4 Å². The maximum Gasteiger partial charge on any atom is 0.226 e. The van der Waals surface area contributed by atoms with Crippen LogP contribution in [0.5, 0.6) is 0 Å². The van der Waals surface area contributed by atoms with Gasteiger partial charge in [0.25, 0.3) is 0 Å². The fraction of sp³-hybridized carbons (Fsp3) is 0.207. The zero-order valence-electron chi connectivity index (χ0n) is 21.0. The number of anilines is 1. The first-order valence-electron chi connectivity index (χ1n) is 12.3. The number of thiocarbonyl (C=S) groups is 1. The van der Waals surface area contributed by atoms with E-state index in [1.54, 1.807) is 6.20 Å². The van der Waals surface area contributed by atoms with E-state index in [0.717, 1.165) is 38.3 Å². The van der Waals surface area contributed by atoms with E-state index < -0.39 is 0 Å². The molecule has 194 valence electrons. The van der Waals surface area contributed by atoms with Gasteiger partial charge in [0, 0.05) is 34.8 Å². The molecule has 6 nitrogen and oxygen atoms in total. The zero-order chi connectivity index (χ0) is 26.6. The number of amides is 1. The highest BCUT2D eigenvalue weighted by molar-refractivity contribution is 7.99. The van der Waals surface area contributed by atoms with Crippen molar-refractivity contribution < 1.29 is 9.21 Å². The number of nitrogens with zero attached hydrogens (tertiary/aromatic N) is 2. The van der Waals surface area contributed by atoms with Crippen LogP contribution in [0.4, 0.5) is 5.69 Å². The van der Waals surface area contributed by atoms with Crippen molar-refractivity contribution in [1.82, 2.24) is 15.2 Å². The highest BCUT2D eigenvalue weighted by Gasteiger charge is 2.41. The number of furan rings is 1. The zero-order valence-corrected chi connectivity index (χ0v) is 23.4. The van der Waals surface area contributed by atoms with Crippen molar-refractivity contribution in [2.45, 2.75) is 42.3 Å². The van der Waals surface area contributed by atoms with Gasteiger partial charge in [0.1, 0.15) is 11.8 Å². The number of benzene rings is 2. The quantitative estimate of drug-likeness (QED) is 0.222. The minimum Gasteiger partial charge on any atom is -0.452 e. The average molecular weight is 563 g/mol. The molecule has 2 aromatic heterocycles. The lowest BCUT2D eigenvalue weighted by atomic mass is 10.0. The number of aromatic nitrogens is 1. The lowest BCUT2D eigenvalue weighted by Crippen LogP contribution is -2.32. The van der Waals surface area contributed by atoms with Gasteiger partial charge in [0.15, 0.2) is 10.2 Å². The summed E-state index contributed by atoms with van der Waals surface area (Å²) < 4.78 is 6.32. The number of halogens is 1. The van der Waals surface area contributed by atoms with Gasteiger partial charge in [-0.05, 0) is 91.8 Å². The van der Waals surface area contributed by atoms with Crippen LogP contribution in [-0.2, 0) is 4.79 Å². The fourth-order valence-corrected chi connectivity index (χ4v) is 5.66. The third kappa shape index (κ3) is 6.04. The molecule has 0 spiro atoms. The van der Waals surface area contributed by atoms with Gasteiger partial charge in [-0.15, -0.1) is 0 Å². The van der Waals surface area contributed by atoms with Crippen LogP contribution in [0.1, 0.15) is 41.1 Å². The molecule has 9 heteroatoms. The van der Waals surface area contributed by atoms with Gasteiger partial charge in [-0.25, -0.2) is 0 Å². The first-order valence-corrected chi connectivity index (χ1v) is 13.9. The van der Waals surface area contributed by atoms with Crippen LogP contribution < -0.4 is 10.6 Å². The third-order valence-corrected chi connectivity index (χ3v) is 7.90. The van der Waals surface area contributed by atoms with Gasteiger partial charge in [0.05, 0.1) is 11.7 Å². The molecule has 1 fully saturated rings. The first kappa shape index (κ1) is 26.3. The molecule has 1 saturated heterocycles. The van der Waals surface area contributed by atoms with E-state index >= 15 is 0 Å². The summed E-state index contributed by atoms with van der Waals surface area (Å²) >= 11 is 13.3. The molecule has 0 aliphatic carbocycles. The number of carbonyl (C=O) groups is 1. The summed E-state index contributed by atoms with van der Waals surface area (Å²) in [5, 5.41) is 8.46. The molecule has 4 aromatic rings. The summed E-state index contributed by atoms with van der Waals surface area (Å²) in [6.07, 6.45) is 2.04. The van der Waals surface area contributed by atoms with Crippen molar-refractivity contribution in [1.29, 1.82) is 0 Å². The normalized spacial score (nSPS) is 16.9. The van der Waals surface area contributed by atoms with Crippen molar-refractivity contribution in [3.8, 4) is 0 Å². The van der Waals surface area contributed by atoms with Crippen LogP contribution >= 0.6 is 35.6 Å². The molecule has 5 rings (SSSR count). The van der Waals surface area contributed by atoms with E-state index in [4.69, 9.17) is 28.2 Å². The van der Waals surface area contributed by atoms with Crippen LogP contribution in [0, 0.1) is 13.8 Å². The lowest BCUT2D eigenvalue weighted by Gasteiger charge is -2.25. The van der Waals surface area contributed by atoms with Crippen LogP contribution in [0.2, 0.25) is 5.02 Å². The summed E-state index contributed by atoms with van der Waals surface area (Å²) in [4.78, 5) is 20.5. The van der Waals surface area contributed by atoms with E-state index in [1.165, 1.54) is 11.8 Å². The Hall–Kier alpha value is -3.33. The summed E-state index contributed by atoms with van der Waals surface area (Å²) in [5.41, 5.74) is 3.80. The summed E-state index contributed by atoms with van der Waals surface area (Å²) in [5.74, 6) is 0.680. The third-order valence-electron chi connectivity index (χ3n) is 6.37. The lowest BCUT2D eigenvalue weighted by molar-refractivity contribution is -0.116. The monoisotopic (exact) mass is 562 g/mol. The molecular formula is C29H27ClN4O2S2. The number of pyridine rings is 1. The van der Waals surface area contributed by atoms with E-state index in [2.05, 4.69) is 15.6 Å². The first-order chi connectivity index (χ1) is 18.4. The topological polar surface area (TPSA) is 70.4 Å². The van der Waals surface area contributed by atoms with Gasteiger partial charge < -0.3 is 20.0 Å².